The summed E-state index contributed by atoms with van der Waals surface area (Å²) in [5.41, 5.74) is 0. The first-order valence-corrected chi connectivity index (χ1v) is 8.48. The molecule has 4 atom stereocenters. The van der Waals surface area contributed by atoms with Gasteiger partial charge in [0, 0.05) is 12.9 Å². The Kier molecular flexibility index (Phi) is 9.07. The Morgan fingerprint density at radius 1 is 1.05 bits per heavy atom. The SMILES string of the molecule is CCCCCCCCSC[C@H]1O[C@@H](OC)[C@@H](O)[C@@H]1O. The van der Waals surface area contributed by atoms with Crippen molar-refractivity contribution < 1.29 is 19.7 Å². The van der Waals surface area contributed by atoms with Crippen LogP contribution in [0.15, 0.2) is 0 Å². The number of ether oxygens (including phenoxy) is 2. The van der Waals surface area contributed by atoms with Gasteiger partial charge in [-0.1, -0.05) is 39.0 Å². The van der Waals surface area contributed by atoms with Crippen LogP contribution >= 0.6 is 11.8 Å². The van der Waals surface area contributed by atoms with Crippen molar-refractivity contribution in [3.05, 3.63) is 0 Å². The van der Waals surface area contributed by atoms with Crippen molar-refractivity contribution in [2.45, 2.75) is 70.1 Å². The Balaban J connectivity index is 2.01. The number of unbranched alkanes of at least 4 members (excludes halogenated alkanes) is 5. The molecule has 2 N–H and O–H groups in total. The number of hydrogen-bond acceptors (Lipinski definition) is 5. The average molecular weight is 292 g/mol. The molecule has 0 aliphatic carbocycles. The Hall–Kier alpha value is 0.190. The van der Waals surface area contributed by atoms with Crippen molar-refractivity contribution in [2.24, 2.45) is 0 Å². The lowest BCUT2D eigenvalue weighted by molar-refractivity contribution is -0.145. The van der Waals surface area contributed by atoms with E-state index in [1.807, 2.05) is 0 Å². The summed E-state index contributed by atoms with van der Waals surface area (Å²) in [5.74, 6) is 1.81. The molecule has 0 aromatic carbocycles. The molecule has 1 rings (SSSR count). The maximum Gasteiger partial charge on any atom is 0.186 e. The minimum absolute atomic E-state index is 0.315. The van der Waals surface area contributed by atoms with Crippen LogP contribution in [0.2, 0.25) is 0 Å². The van der Waals surface area contributed by atoms with Crippen LogP contribution in [0, 0.1) is 0 Å². The van der Waals surface area contributed by atoms with Gasteiger partial charge in [0.15, 0.2) is 6.29 Å². The summed E-state index contributed by atoms with van der Waals surface area (Å²) < 4.78 is 10.4. The van der Waals surface area contributed by atoms with Gasteiger partial charge in [-0.15, -0.1) is 0 Å². The minimum Gasteiger partial charge on any atom is -0.387 e. The summed E-state index contributed by atoms with van der Waals surface area (Å²) in [6, 6.07) is 0. The predicted molar refractivity (Wildman–Crippen MR) is 78.4 cm³/mol. The van der Waals surface area contributed by atoms with Gasteiger partial charge >= 0.3 is 0 Å². The first kappa shape index (κ1) is 17.2. The van der Waals surface area contributed by atoms with E-state index in [0.29, 0.717) is 5.75 Å². The van der Waals surface area contributed by atoms with Crippen molar-refractivity contribution in [2.75, 3.05) is 18.6 Å². The van der Waals surface area contributed by atoms with Gasteiger partial charge in [0.2, 0.25) is 0 Å². The normalized spacial score (nSPS) is 30.9. The number of hydrogen-bond donors (Lipinski definition) is 2. The van der Waals surface area contributed by atoms with E-state index in [-0.39, 0.29) is 6.10 Å². The first-order chi connectivity index (χ1) is 9.20. The summed E-state index contributed by atoms with van der Waals surface area (Å²) in [7, 11) is 1.48. The van der Waals surface area contributed by atoms with E-state index in [1.54, 1.807) is 11.8 Å². The van der Waals surface area contributed by atoms with Crippen LogP contribution in [0.25, 0.3) is 0 Å². The smallest absolute Gasteiger partial charge is 0.186 e. The zero-order valence-corrected chi connectivity index (χ0v) is 12.9. The van der Waals surface area contributed by atoms with Gasteiger partial charge in [0.1, 0.15) is 12.2 Å². The summed E-state index contributed by atoms with van der Waals surface area (Å²) >= 11 is 1.78. The highest BCUT2D eigenvalue weighted by Gasteiger charge is 2.42. The molecular formula is C14H28O4S. The van der Waals surface area contributed by atoms with E-state index < -0.39 is 18.5 Å². The predicted octanol–water partition coefficient (Wildman–Crippen LogP) is 2.17. The molecule has 1 heterocycles. The summed E-state index contributed by atoms with van der Waals surface area (Å²) in [6.07, 6.45) is 5.03. The second-order valence-electron chi connectivity index (χ2n) is 5.10. The number of thioether (sulfide) groups is 1. The summed E-state index contributed by atoms with van der Waals surface area (Å²) in [5, 5.41) is 19.4. The Morgan fingerprint density at radius 2 is 1.74 bits per heavy atom. The molecule has 0 radical (unpaired) electrons. The van der Waals surface area contributed by atoms with Crippen molar-refractivity contribution in [1.82, 2.24) is 0 Å². The van der Waals surface area contributed by atoms with Gasteiger partial charge in [-0.05, 0) is 12.2 Å². The molecule has 0 aromatic heterocycles. The van der Waals surface area contributed by atoms with Crippen molar-refractivity contribution in [3.8, 4) is 0 Å². The highest BCUT2D eigenvalue weighted by Crippen LogP contribution is 2.25. The molecule has 4 nitrogen and oxygen atoms in total. The second-order valence-corrected chi connectivity index (χ2v) is 6.25. The van der Waals surface area contributed by atoms with Crippen LogP contribution < -0.4 is 0 Å². The molecule has 19 heavy (non-hydrogen) atoms. The van der Waals surface area contributed by atoms with Gasteiger partial charge in [-0.3, -0.25) is 0 Å². The topological polar surface area (TPSA) is 58.9 Å². The first-order valence-electron chi connectivity index (χ1n) is 7.32. The number of methoxy groups -OCH3 is 1. The molecule has 1 aliphatic heterocycles. The summed E-state index contributed by atoms with van der Waals surface area (Å²) in [6.45, 7) is 2.23. The molecule has 0 amide bonds. The highest BCUT2D eigenvalue weighted by molar-refractivity contribution is 7.99. The lowest BCUT2D eigenvalue weighted by atomic mass is 10.1. The zero-order valence-electron chi connectivity index (χ0n) is 12.1. The van der Waals surface area contributed by atoms with E-state index in [1.165, 1.54) is 45.6 Å². The van der Waals surface area contributed by atoms with E-state index >= 15 is 0 Å². The fraction of sp³-hybridized carbons (Fsp3) is 1.00. The third-order valence-corrected chi connectivity index (χ3v) is 4.62. The van der Waals surface area contributed by atoms with Gasteiger partial charge in [0.25, 0.3) is 0 Å². The Bertz CT molecular complexity index is 227. The lowest BCUT2D eigenvalue weighted by Gasteiger charge is -2.13. The van der Waals surface area contributed by atoms with E-state index in [4.69, 9.17) is 9.47 Å². The number of aliphatic hydroxyl groups excluding tert-OH is 2. The Morgan fingerprint density at radius 3 is 2.37 bits per heavy atom. The van der Waals surface area contributed by atoms with Gasteiger partial charge in [0.05, 0.1) is 6.10 Å². The molecular weight excluding hydrogens is 264 g/mol. The molecule has 0 bridgehead atoms. The van der Waals surface area contributed by atoms with Crippen LogP contribution in [0.5, 0.6) is 0 Å². The van der Waals surface area contributed by atoms with Crippen LogP contribution in [-0.2, 0) is 9.47 Å². The van der Waals surface area contributed by atoms with Crippen LogP contribution in [-0.4, -0.2) is 53.4 Å². The third-order valence-electron chi connectivity index (χ3n) is 3.48. The molecule has 114 valence electrons. The number of aliphatic hydroxyl groups is 2. The van der Waals surface area contributed by atoms with E-state index in [0.717, 1.165) is 5.75 Å². The maximum absolute atomic E-state index is 9.79. The molecule has 1 aliphatic rings. The fourth-order valence-electron chi connectivity index (χ4n) is 2.23. The van der Waals surface area contributed by atoms with Crippen molar-refractivity contribution in [1.29, 1.82) is 0 Å². The van der Waals surface area contributed by atoms with Crippen molar-refractivity contribution in [3.63, 3.8) is 0 Å². The monoisotopic (exact) mass is 292 g/mol. The largest absolute Gasteiger partial charge is 0.387 e. The molecule has 0 unspecified atom stereocenters. The molecule has 0 spiro atoms. The van der Waals surface area contributed by atoms with Gasteiger partial charge < -0.3 is 19.7 Å². The summed E-state index contributed by atoms with van der Waals surface area (Å²) in [4.78, 5) is 0. The van der Waals surface area contributed by atoms with E-state index in [2.05, 4.69) is 6.92 Å². The zero-order chi connectivity index (χ0) is 14.1. The maximum atomic E-state index is 9.79. The highest BCUT2D eigenvalue weighted by atomic mass is 32.2. The van der Waals surface area contributed by atoms with Crippen LogP contribution in [0.1, 0.15) is 45.4 Å². The van der Waals surface area contributed by atoms with Crippen molar-refractivity contribution >= 4 is 11.8 Å². The molecule has 5 heteroatoms. The molecule has 0 saturated carbocycles. The van der Waals surface area contributed by atoms with E-state index in [9.17, 15) is 10.2 Å². The quantitative estimate of drug-likeness (QED) is 0.604. The fourth-order valence-corrected chi connectivity index (χ4v) is 3.31. The third kappa shape index (κ3) is 6.00. The minimum atomic E-state index is -0.926. The lowest BCUT2D eigenvalue weighted by Crippen LogP contribution is -2.33. The molecule has 0 aromatic rings. The molecule has 1 fully saturated rings. The van der Waals surface area contributed by atoms with Crippen LogP contribution in [0.3, 0.4) is 0 Å². The average Bonchev–Trinajstić information content (AvgIpc) is 2.69. The number of rotatable bonds is 10. The second kappa shape index (κ2) is 10.00. The molecule has 1 saturated heterocycles. The Labute approximate surface area is 120 Å². The van der Waals surface area contributed by atoms with Gasteiger partial charge in [-0.25, -0.2) is 0 Å². The standard InChI is InChI=1S/C14H28O4S/c1-3-4-5-6-7-8-9-19-10-11-12(15)13(16)14(17-2)18-11/h11-16H,3-10H2,1-2H3/t11-,12-,13+,14-/m1/s1. The van der Waals surface area contributed by atoms with Gasteiger partial charge in [-0.2, -0.15) is 11.8 Å². The van der Waals surface area contributed by atoms with Crippen LogP contribution in [0.4, 0.5) is 0 Å².